The summed E-state index contributed by atoms with van der Waals surface area (Å²) in [6.07, 6.45) is 5.32. The normalized spacial score (nSPS) is 17.0. The lowest BCUT2D eigenvalue weighted by atomic mass is 10.1. The molecule has 30 heavy (non-hydrogen) atoms. The molecule has 3 aromatic rings. The molecule has 0 saturated heterocycles. The Bertz CT molecular complexity index is 1220. The van der Waals surface area contributed by atoms with Gasteiger partial charge in [-0.05, 0) is 34.8 Å². The Balaban J connectivity index is 1.97. The maximum Gasteiger partial charge on any atom is 0.212 e. The molecular weight excluding hydrogens is 385 g/mol. The molecule has 0 fully saturated rings. The molecule has 0 amide bonds. The molecule has 0 N–H and O–H groups in total. The number of allylic oxidation sites excluding steroid dienone is 4. The van der Waals surface area contributed by atoms with Gasteiger partial charge >= 0.3 is 0 Å². The Morgan fingerprint density at radius 1 is 0.800 bits per heavy atom. The molecule has 0 spiro atoms. The van der Waals surface area contributed by atoms with Gasteiger partial charge in [-0.1, -0.05) is 103 Å². The van der Waals surface area contributed by atoms with Crippen molar-refractivity contribution >= 4 is 34.4 Å². The van der Waals surface area contributed by atoms with Gasteiger partial charge in [0.25, 0.3) is 0 Å². The Morgan fingerprint density at radius 3 is 1.90 bits per heavy atom. The van der Waals surface area contributed by atoms with Crippen molar-refractivity contribution in [2.24, 2.45) is 4.99 Å². The molecule has 0 radical (unpaired) electrons. The molecule has 0 unspecified atom stereocenters. The van der Waals surface area contributed by atoms with E-state index in [9.17, 15) is 4.79 Å². The highest BCUT2D eigenvalue weighted by Crippen LogP contribution is 2.60. The zero-order valence-electron chi connectivity index (χ0n) is 16.8. The molecule has 5 rings (SSSR count). The van der Waals surface area contributed by atoms with Crippen molar-refractivity contribution < 1.29 is 4.79 Å². The van der Waals surface area contributed by atoms with Crippen LogP contribution >= 0.6 is 6.89 Å². The topological polar surface area (TPSA) is 29.4 Å². The summed E-state index contributed by atoms with van der Waals surface area (Å²) >= 11 is 0. The molecule has 2 aliphatic rings. The van der Waals surface area contributed by atoms with E-state index in [1.807, 2.05) is 49.4 Å². The third-order valence-corrected chi connectivity index (χ3v) is 10.0. The van der Waals surface area contributed by atoms with E-state index < -0.39 is 6.89 Å². The minimum atomic E-state index is -2.40. The monoisotopic (exact) mass is 407 g/mol. The molecule has 1 heterocycles. The predicted octanol–water partition coefficient (Wildman–Crippen LogP) is 5.36. The van der Waals surface area contributed by atoms with Crippen LogP contribution in [-0.2, 0) is 0 Å². The minimum absolute atomic E-state index is 0.0165. The lowest BCUT2D eigenvalue weighted by molar-refractivity contribution is 0.106. The number of rotatable bonds is 4. The fourth-order valence-electron chi connectivity index (χ4n) is 4.45. The highest BCUT2D eigenvalue weighted by molar-refractivity contribution is 7.94. The molecular formula is C27H22NOP. The second-order valence-corrected chi connectivity index (χ2v) is 10.8. The molecule has 1 aliphatic carbocycles. The number of hydrogen-bond acceptors (Lipinski definition) is 2. The van der Waals surface area contributed by atoms with E-state index in [1.54, 1.807) is 0 Å². The summed E-state index contributed by atoms with van der Waals surface area (Å²) in [6, 6.07) is 30.5. The first kappa shape index (κ1) is 18.8. The van der Waals surface area contributed by atoms with Gasteiger partial charge in [0.15, 0.2) is 0 Å². The minimum Gasteiger partial charge on any atom is -0.287 e. The number of aliphatic imine (C=N–C) groups is 1. The lowest BCUT2D eigenvalue weighted by Crippen LogP contribution is -2.30. The van der Waals surface area contributed by atoms with E-state index >= 15 is 0 Å². The van der Waals surface area contributed by atoms with E-state index in [-0.39, 0.29) is 5.78 Å². The average Bonchev–Trinajstić information content (AvgIpc) is 3.32. The lowest BCUT2D eigenvalue weighted by Gasteiger charge is -2.34. The van der Waals surface area contributed by atoms with Crippen LogP contribution in [0.4, 0.5) is 0 Å². The van der Waals surface area contributed by atoms with Gasteiger partial charge in [-0.2, -0.15) is 0 Å². The number of hydrogen-bond donors (Lipinski definition) is 0. The molecule has 0 atom stereocenters. The van der Waals surface area contributed by atoms with E-state index in [0.717, 1.165) is 12.1 Å². The van der Waals surface area contributed by atoms with Gasteiger partial charge in [-0.3, -0.25) is 4.79 Å². The average molecular weight is 407 g/mol. The van der Waals surface area contributed by atoms with E-state index in [0.29, 0.717) is 11.0 Å². The summed E-state index contributed by atoms with van der Waals surface area (Å²) in [5, 5.41) is 3.61. The Labute approximate surface area is 177 Å². The first-order valence-corrected chi connectivity index (χ1v) is 12.0. The number of benzene rings is 3. The molecule has 2 nitrogen and oxygen atoms in total. The van der Waals surface area contributed by atoms with Crippen molar-refractivity contribution in [1.82, 2.24) is 0 Å². The van der Waals surface area contributed by atoms with Crippen molar-refractivity contribution in [1.29, 1.82) is 0 Å². The van der Waals surface area contributed by atoms with Crippen LogP contribution in [0.25, 0.3) is 0 Å². The zero-order valence-corrected chi connectivity index (χ0v) is 17.7. The van der Waals surface area contributed by atoms with Crippen LogP contribution in [-0.4, -0.2) is 16.9 Å². The van der Waals surface area contributed by atoms with E-state index in [4.69, 9.17) is 4.99 Å². The summed E-state index contributed by atoms with van der Waals surface area (Å²) in [7, 11) is 0. The van der Waals surface area contributed by atoms with Crippen molar-refractivity contribution in [3.63, 3.8) is 0 Å². The number of nitrogens with zero attached hydrogens (tertiary/aromatic N) is 1. The van der Waals surface area contributed by atoms with Crippen LogP contribution in [0.5, 0.6) is 0 Å². The SMILES string of the molecule is CC1=NC(C(=O)c2ccccc2)=P(c2ccccc2)(c2ccccc2)C2=C1CC=C2. The zero-order chi connectivity index (χ0) is 20.6. The Morgan fingerprint density at radius 2 is 1.33 bits per heavy atom. The smallest absolute Gasteiger partial charge is 0.212 e. The highest BCUT2D eigenvalue weighted by Gasteiger charge is 2.39. The van der Waals surface area contributed by atoms with Crippen molar-refractivity contribution in [2.45, 2.75) is 13.3 Å². The number of Topliss-reactive ketones (excluding diaryl/α,β-unsaturated/α-hetero) is 1. The largest absolute Gasteiger partial charge is 0.287 e. The number of ketones is 1. The molecule has 0 aromatic heterocycles. The summed E-state index contributed by atoms with van der Waals surface area (Å²) in [5.74, 6) is 0.0165. The van der Waals surface area contributed by atoms with Crippen LogP contribution in [0.3, 0.4) is 0 Å². The third kappa shape index (κ3) is 2.80. The molecule has 1 aliphatic heterocycles. The summed E-state index contributed by atoms with van der Waals surface area (Å²) in [6.45, 7) is -0.363. The quantitative estimate of drug-likeness (QED) is 0.423. The molecule has 3 aromatic carbocycles. The van der Waals surface area contributed by atoms with Gasteiger partial charge in [-0.25, -0.2) is 4.99 Å². The van der Waals surface area contributed by atoms with Crippen molar-refractivity contribution in [3.8, 4) is 0 Å². The van der Waals surface area contributed by atoms with Gasteiger partial charge in [0.2, 0.25) is 5.78 Å². The van der Waals surface area contributed by atoms with Crippen LogP contribution in [0.2, 0.25) is 0 Å². The molecule has 0 saturated carbocycles. The van der Waals surface area contributed by atoms with Gasteiger partial charge < -0.3 is 0 Å². The summed E-state index contributed by atoms with van der Waals surface area (Å²) in [5.41, 5.74) is 3.58. The van der Waals surface area contributed by atoms with Gasteiger partial charge in [0.05, 0.1) is 0 Å². The Kier molecular flexibility index (Phi) is 4.73. The third-order valence-electron chi connectivity index (χ3n) is 5.82. The van der Waals surface area contributed by atoms with Crippen molar-refractivity contribution in [3.05, 3.63) is 120 Å². The predicted molar refractivity (Wildman–Crippen MR) is 129 cm³/mol. The standard InChI is InChI=1S/C27H22NOP/c1-20-24-18-11-19-25(24)30(22-14-7-3-8-15-22,23-16-9-4-10-17-23)27(28-20)26(29)21-12-5-2-6-13-21/h2-17,19H,18H2,1H3. The van der Waals surface area contributed by atoms with Crippen LogP contribution in [0.15, 0.2) is 119 Å². The molecule has 3 heteroatoms. The van der Waals surface area contributed by atoms with Crippen LogP contribution in [0.1, 0.15) is 23.7 Å². The molecule has 0 bridgehead atoms. The van der Waals surface area contributed by atoms with Crippen molar-refractivity contribution in [2.75, 3.05) is 0 Å². The highest BCUT2D eigenvalue weighted by atomic mass is 31.2. The van der Waals surface area contributed by atoms with Crippen LogP contribution < -0.4 is 10.6 Å². The van der Waals surface area contributed by atoms with E-state index in [2.05, 4.69) is 60.7 Å². The maximum absolute atomic E-state index is 13.9. The summed E-state index contributed by atoms with van der Waals surface area (Å²) < 4.78 is 0. The maximum atomic E-state index is 13.9. The first-order chi connectivity index (χ1) is 14.7. The fraction of sp³-hybridized carbons (Fsp3) is 0.0741. The molecule has 146 valence electrons. The summed E-state index contributed by atoms with van der Waals surface area (Å²) in [4.78, 5) is 19.0. The van der Waals surface area contributed by atoms with E-state index in [1.165, 1.54) is 21.5 Å². The Hall–Kier alpha value is -3.22. The van der Waals surface area contributed by atoms with Gasteiger partial charge in [0, 0.05) is 18.2 Å². The number of carbonyl (C=O) groups excluding carboxylic acids is 1. The fourth-order valence-corrected chi connectivity index (χ4v) is 8.98. The second-order valence-electron chi connectivity index (χ2n) is 7.53. The van der Waals surface area contributed by atoms with Gasteiger partial charge in [-0.15, -0.1) is 0 Å². The number of carbonyl (C=O) groups is 1. The van der Waals surface area contributed by atoms with Gasteiger partial charge in [0.1, 0.15) is 5.42 Å². The van der Waals surface area contributed by atoms with Crippen LogP contribution in [0, 0.1) is 0 Å². The second kappa shape index (κ2) is 7.55. The first-order valence-electron chi connectivity index (χ1n) is 10.2.